The number of carboxylic acid groups (broad SMARTS) is 1. The molecule has 11 nitrogen and oxygen atoms in total. The molecule has 2 unspecified atom stereocenters. The molecular formula is C21H25N5O6S. The summed E-state index contributed by atoms with van der Waals surface area (Å²) < 4.78 is 1.70. The Morgan fingerprint density at radius 1 is 1.36 bits per heavy atom. The van der Waals surface area contributed by atoms with Gasteiger partial charge in [0.25, 0.3) is 0 Å². The number of thioether (sulfide) groups is 1. The molecule has 1 amide bonds. The van der Waals surface area contributed by atoms with Crippen molar-refractivity contribution >= 4 is 40.5 Å². The predicted molar refractivity (Wildman–Crippen MR) is 123 cm³/mol. The number of aromatic carboxylic acids is 1. The van der Waals surface area contributed by atoms with Gasteiger partial charge in [-0.1, -0.05) is 11.8 Å². The summed E-state index contributed by atoms with van der Waals surface area (Å²) in [4.78, 5) is 45.4. The summed E-state index contributed by atoms with van der Waals surface area (Å²) in [6.45, 7) is 2.13. The number of pyridine rings is 2. The highest BCUT2D eigenvalue weighted by Crippen LogP contribution is 2.36. The van der Waals surface area contributed by atoms with E-state index in [2.05, 4.69) is 5.32 Å². The molecule has 176 valence electrons. The monoisotopic (exact) mass is 475 g/mol. The summed E-state index contributed by atoms with van der Waals surface area (Å²) in [5, 5.41) is 32.6. The lowest BCUT2D eigenvalue weighted by Crippen LogP contribution is -2.55. The molecule has 2 aromatic heterocycles. The van der Waals surface area contributed by atoms with Crippen molar-refractivity contribution in [3.05, 3.63) is 45.2 Å². The zero-order chi connectivity index (χ0) is 23.9. The summed E-state index contributed by atoms with van der Waals surface area (Å²) in [5.41, 5.74) is -0.193. The van der Waals surface area contributed by atoms with E-state index in [1.165, 1.54) is 18.0 Å². The Morgan fingerprint density at radius 2 is 2.09 bits per heavy atom. The van der Waals surface area contributed by atoms with Crippen molar-refractivity contribution in [1.29, 1.82) is 0 Å². The maximum Gasteiger partial charge on any atom is 0.341 e. The number of nitrogens with one attached hydrogen (secondary N) is 1. The molecule has 0 saturated carbocycles. The van der Waals surface area contributed by atoms with E-state index >= 15 is 0 Å². The van der Waals surface area contributed by atoms with Gasteiger partial charge in [0.15, 0.2) is 5.50 Å². The summed E-state index contributed by atoms with van der Waals surface area (Å²) in [5.74, 6) is -1.20. The molecule has 0 aliphatic carbocycles. The molecule has 0 aromatic carbocycles. The zero-order valence-electron chi connectivity index (χ0n) is 18.1. The van der Waals surface area contributed by atoms with Crippen LogP contribution < -0.4 is 15.6 Å². The number of aliphatic hydroxyl groups excluding tert-OH is 2. The fraction of sp³-hybridized carbons (Fsp3) is 0.429. The second kappa shape index (κ2) is 9.04. The third kappa shape index (κ3) is 4.28. The SMILES string of the molecule is Cc1cc(N2CC(C(=O)NCC(O)CO)C2)nc2c1c(=O)c(C(=O)O)cn2C1SC=CN1C. The first kappa shape index (κ1) is 23.1. The number of hydrogen-bond acceptors (Lipinski definition) is 9. The van der Waals surface area contributed by atoms with E-state index in [0.717, 1.165) is 0 Å². The molecule has 1 fully saturated rings. The molecule has 4 N–H and O–H groups in total. The molecular weight excluding hydrogens is 450 g/mol. The van der Waals surface area contributed by atoms with Gasteiger partial charge in [-0.25, -0.2) is 9.78 Å². The molecule has 1 saturated heterocycles. The van der Waals surface area contributed by atoms with E-state index in [9.17, 15) is 24.6 Å². The number of aliphatic hydroxyl groups is 2. The van der Waals surface area contributed by atoms with Crippen LogP contribution in [-0.4, -0.2) is 81.0 Å². The average molecular weight is 476 g/mol. The van der Waals surface area contributed by atoms with Gasteiger partial charge in [0.2, 0.25) is 11.3 Å². The standard InChI is InChI=1S/C21H25N5O6S/c1-11-5-15(25-7-12(8-25)19(30)22-6-13(28)10-27)23-18-16(11)17(29)14(20(31)32)9-26(18)21-24(2)3-4-33-21/h3-5,9,12-13,21,27-28H,6-8,10H2,1-2H3,(H,22,30)(H,31,32). The third-order valence-electron chi connectivity index (χ3n) is 5.78. The Morgan fingerprint density at radius 3 is 2.70 bits per heavy atom. The molecule has 0 bridgehead atoms. The Labute approximate surface area is 193 Å². The molecule has 0 spiro atoms. The van der Waals surface area contributed by atoms with Gasteiger partial charge in [0, 0.05) is 39.1 Å². The van der Waals surface area contributed by atoms with Gasteiger partial charge in [0.1, 0.15) is 17.0 Å². The average Bonchev–Trinajstić information content (AvgIpc) is 3.16. The number of aryl methyl sites for hydroxylation is 1. The van der Waals surface area contributed by atoms with Gasteiger partial charge in [-0.3, -0.25) is 9.59 Å². The molecule has 4 rings (SSSR count). The van der Waals surface area contributed by atoms with Crippen molar-refractivity contribution in [2.45, 2.75) is 18.5 Å². The molecule has 2 atom stereocenters. The van der Waals surface area contributed by atoms with Gasteiger partial charge in [-0.15, -0.1) is 0 Å². The quantitative estimate of drug-likeness (QED) is 0.428. The van der Waals surface area contributed by atoms with Crippen LogP contribution in [0.5, 0.6) is 0 Å². The summed E-state index contributed by atoms with van der Waals surface area (Å²) in [7, 11) is 1.86. The first-order valence-corrected chi connectivity index (χ1v) is 11.3. The number of carbonyl (C=O) groups is 2. The summed E-state index contributed by atoms with van der Waals surface area (Å²) >= 11 is 1.47. The lowest BCUT2D eigenvalue weighted by molar-refractivity contribution is -0.126. The highest BCUT2D eigenvalue weighted by atomic mass is 32.2. The highest BCUT2D eigenvalue weighted by Gasteiger charge is 2.34. The van der Waals surface area contributed by atoms with Crippen LogP contribution in [-0.2, 0) is 4.79 Å². The van der Waals surface area contributed by atoms with Gasteiger partial charge >= 0.3 is 5.97 Å². The van der Waals surface area contributed by atoms with Gasteiger partial charge in [-0.2, -0.15) is 0 Å². The number of anilines is 1. The first-order valence-electron chi connectivity index (χ1n) is 10.4. The zero-order valence-corrected chi connectivity index (χ0v) is 18.9. The van der Waals surface area contributed by atoms with Crippen molar-refractivity contribution in [2.75, 3.05) is 38.2 Å². The molecule has 2 aliphatic rings. The van der Waals surface area contributed by atoms with E-state index in [0.29, 0.717) is 30.1 Å². The Hall–Kier alpha value is -3.09. The van der Waals surface area contributed by atoms with Gasteiger partial charge in [0.05, 0.1) is 24.0 Å². The Balaban J connectivity index is 1.66. The lowest BCUT2D eigenvalue weighted by atomic mass is 9.98. The molecule has 33 heavy (non-hydrogen) atoms. The second-order valence-corrected chi connectivity index (χ2v) is 9.14. The van der Waals surface area contributed by atoms with Crippen LogP contribution in [0.15, 0.2) is 28.7 Å². The summed E-state index contributed by atoms with van der Waals surface area (Å²) in [6.07, 6.45) is 2.20. The second-order valence-electron chi connectivity index (χ2n) is 8.18. The molecule has 4 heterocycles. The molecule has 12 heteroatoms. The van der Waals surface area contributed by atoms with Crippen molar-refractivity contribution < 1.29 is 24.9 Å². The van der Waals surface area contributed by atoms with Crippen molar-refractivity contribution in [1.82, 2.24) is 19.8 Å². The summed E-state index contributed by atoms with van der Waals surface area (Å²) in [6, 6.07) is 1.73. The van der Waals surface area contributed by atoms with Crippen molar-refractivity contribution in [3.8, 4) is 0 Å². The topological polar surface area (TPSA) is 148 Å². The number of amides is 1. The number of carboxylic acids is 1. The lowest BCUT2D eigenvalue weighted by Gasteiger charge is -2.39. The van der Waals surface area contributed by atoms with Crippen LogP contribution in [0.4, 0.5) is 5.82 Å². The smallest absolute Gasteiger partial charge is 0.341 e. The normalized spacial score (nSPS) is 19.1. The predicted octanol–water partition coefficient (Wildman–Crippen LogP) is -0.0854. The molecule has 2 aromatic rings. The minimum Gasteiger partial charge on any atom is -0.477 e. The number of aromatic nitrogens is 2. The maximum absolute atomic E-state index is 12.9. The highest BCUT2D eigenvalue weighted by molar-refractivity contribution is 8.02. The van der Waals surface area contributed by atoms with E-state index < -0.39 is 24.1 Å². The number of fused-ring (bicyclic) bond motifs is 1. The maximum atomic E-state index is 12.9. The molecule has 2 aliphatic heterocycles. The largest absolute Gasteiger partial charge is 0.477 e. The van der Waals surface area contributed by atoms with Crippen molar-refractivity contribution in [3.63, 3.8) is 0 Å². The van der Waals surface area contributed by atoms with E-state index in [4.69, 9.17) is 10.1 Å². The van der Waals surface area contributed by atoms with E-state index in [1.807, 2.05) is 28.5 Å². The number of hydrogen-bond donors (Lipinski definition) is 4. The van der Waals surface area contributed by atoms with Crippen LogP contribution in [0, 0.1) is 12.8 Å². The van der Waals surface area contributed by atoms with E-state index in [-0.39, 0.29) is 34.8 Å². The van der Waals surface area contributed by atoms with Gasteiger partial charge in [-0.05, 0) is 24.0 Å². The Bertz CT molecular complexity index is 1190. The van der Waals surface area contributed by atoms with Crippen LogP contribution in [0.3, 0.4) is 0 Å². The fourth-order valence-electron chi connectivity index (χ4n) is 3.87. The minimum absolute atomic E-state index is 0.0159. The minimum atomic E-state index is -1.29. The Kier molecular flexibility index (Phi) is 6.32. The van der Waals surface area contributed by atoms with Crippen LogP contribution >= 0.6 is 11.8 Å². The first-order chi connectivity index (χ1) is 15.7. The number of rotatable bonds is 7. The number of carbonyl (C=O) groups excluding carboxylic acids is 1. The van der Waals surface area contributed by atoms with Crippen LogP contribution in [0.25, 0.3) is 11.0 Å². The van der Waals surface area contributed by atoms with E-state index in [1.54, 1.807) is 17.6 Å². The fourth-order valence-corrected chi connectivity index (χ4v) is 4.83. The third-order valence-corrected chi connectivity index (χ3v) is 6.86. The van der Waals surface area contributed by atoms with Crippen molar-refractivity contribution in [2.24, 2.45) is 5.92 Å². The van der Waals surface area contributed by atoms with Gasteiger partial charge < -0.3 is 35.0 Å². The van der Waals surface area contributed by atoms with Crippen LogP contribution in [0.2, 0.25) is 0 Å². The number of nitrogens with zero attached hydrogens (tertiary/aromatic N) is 4. The molecule has 0 radical (unpaired) electrons. The van der Waals surface area contributed by atoms with Crippen LogP contribution in [0.1, 0.15) is 21.4 Å².